The molecule has 0 aromatic heterocycles. The predicted molar refractivity (Wildman–Crippen MR) is 98.4 cm³/mol. The second kappa shape index (κ2) is 15.0. The fourth-order valence-electron chi connectivity index (χ4n) is 2.56. The van der Waals surface area contributed by atoms with Crippen molar-refractivity contribution in [3.63, 3.8) is 0 Å². The van der Waals surface area contributed by atoms with Gasteiger partial charge in [0.1, 0.15) is 9.84 Å². The smallest absolute Gasteiger partial charge is 0.221 e. The second-order valence-corrected chi connectivity index (χ2v) is 8.88. The Morgan fingerprint density at radius 1 is 0.783 bits per heavy atom. The molecule has 0 saturated heterocycles. The molecule has 0 aliphatic carbocycles. The van der Waals surface area contributed by atoms with E-state index in [1.165, 1.54) is 64.2 Å². The number of sulfone groups is 1. The topological polar surface area (TPSA) is 63.2 Å². The summed E-state index contributed by atoms with van der Waals surface area (Å²) in [6.07, 6.45) is 16.8. The third-order valence-corrected chi connectivity index (χ3v) is 5.00. The van der Waals surface area contributed by atoms with Gasteiger partial charge in [0.15, 0.2) is 0 Å². The van der Waals surface area contributed by atoms with E-state index in [0.717, 1.165) is 19.1 Å². The molecule has 0 unspecified atom stereocenters. The summed E-state index contributed by atoms with van der Waals surface area (Å²) in [5.41, 5.74) is 0. The van der Waals surface area contributed by atoms with Crippen LogP contribution >= 0.6 is 0 Å². The van der Waals surface area contributed by atoms with Crippen molar-refractivity contribution < 1.29 is 13.2 Å². The third-order valence-electron chi connectivity index (χ3n) is 4.05. The van der Waals surface area contributed by atoms with Crippen LogP contribution in [0.1, 0.15) is 90.4 Å². The van der Waals surface area contributed by atoms with Gasteiger partial charge in [0.2, 0.25) is 5.91 Å². The van der Waals surface area contributed by atoms with E-state index >= 15 is 0 Å². The normalized spacial score (nSPS) is 11.6. The van der Waals surface area contributed by atoms with Gasteiger partial charge in [-0.1, -0.05) is 77.6 Å². The number of hydrogen-bond acceptors (Lipinski definition) is 3. The van der Waals surface area contributed by atoms with Crippen molar-refractivity contribution in [2.75, 3.05) is 18.6 Å². The van der Waals surface area contributed by atoms with E-state index in [1.54, 1.807) is 0 Å². The van der Waals surface area contributed by atoms with Crippen LogP contribution in [0.4, 0.5) is 0 Å². The van der Waals surface area contributed by atoms with Crippen molar-refractivity contribution in [1.82, 2.24) is 5.32 Å². The average molecular weight is 348 g/mol. The Hall–Kier alpha value is -0.580. The Morgan fingerprint density at radius 3 is 1.65 bits per heavy atom. The first kappa shape index (κ1) is 22.4. The van der Waals surface area contributed by atoms with Gasteiger partial charge < -0.3 is 5.32 Å². The monoisotopic (exact) mass is 347 g/mol. The molecule has 0 bridgehead atoms. The highest BCUT2D eigenvalue weighted by molar-refractivity contribution is 7.90. The Kier molecular flexibility index (Phi) is 14.6. The molecule has 0 saturated carbocycles. The van der Waals surface area contributed by atoms with Crippen LogP contribution in [-0.2, 0) is 14.6 Å². The highest BCUT2D eigenvalue weighted by atomic mass is 32.2. The van der Waals surface area contributed by atoms with E-state index in [0.29, 0.717) is 6.54 Å². The minimum Gasteiger partial charge on any atom is -0.356 e. The van der Waals surface area contributed by atoms with Crippen LogP contribution in [0.5, 0.6) is 0 Å². The summed E-state index contributed by atoms with van der Waals surface area (Å²) in [7, 11) is -3.04. The number of rotatable bonds is 16. The maximum absolute atomic E-state index is 11.4. The van der Waals surface area contributed by atoms with Gasteiger partial charge in [0, 0.05) is 19.2 Å². The van der Waals surface area contributed by atoms with Crippen LogP contribution in [0.25, 0.3) is 0 Å². The Labute approximate surface area is 143 Å². The van der Waals surface area contributed by atoms with Crippen molar-refractivity contribution in [2.45, 2.75) is 90.4 Å². The predicted octanol–water partition coefficient (Wildman–Crippen LogP) is 4.24. The van der Waals surface area contributed by atoms with E-state index in [4.69, 9.17) is 0 Å². The van der Waals surface area contributed by atoms with Gasteiger partial charge in [0.05, 0.1) is 5.75 Å². The molecule has 5 heteroatoms. The number of unbranched alkanes of at least 4 members (excludes halogenated alkanes) is 11. The molecule has 0 spiro atoms. The van der Waals surface area contributed by atoms with Crippen molar-refractivity contribution in [3.8, 4) is 0 Å². The molecule has 0 atom stereocenters. The lowest BCUT2D eigenvalue weighted by atomic mass is 10.1. The summed E-state index contributed by atoms with van der Waals surface area (Å²) in [5.74, 6) is -0.212. The number of carbonyl (C=O) groups excluding carboxylic acids is 1. The molecule has 0 aromatic rings. The Bertz CT molecular complexity index is 380. The highest BCUT2D eigenvalue weighted by Gasteiger charge is 2.06. The highest BCUT2D eigenvalue weighted by Crippen LogP contribution is 2.11. The van der Waals surface area contributed by atoms with Gasteiger partial charge in [-0.05, 0) is 6.42 Å². The van der Waals surface area contributed by atoms with Crippen LogP contribution in [0.2, 0.25) is 0 Å². The molecule has 23 heavy (non-hydrogen) atoms. The molecule has 0 rings (SSSR count). The van der Waals surface area contributed by atoms with Crippen molar-refractivity contribution >= 4 is 15.7 Å². The third kappa shape index (κ3) is 19.4. The summed E-state index contributed by atoms with van der Waals surface area (Å²) in [4.78, 5) is 11.4. The lowest BCUT2D eigenvalue weighted by molar-refractivity contribution is -0.120. The first-order valence-corrected chi connectivity index (χ1v) is 11.5. The van der Waals surface area contributed by atoms with Crippen LogP contribution in [0.3, 0.4) is 0 Å². The zero-order chi connectivity index (χ0) is 17.4. The Balaban J connectivity index is 3.20. The zero-order valence-electron chi connectivity index (χ0n) is 15.2. The summed E-state index contributed by atoms with van der Waals surface area (Å²) >= 11 is 0. The fourth-order valence-corrected chi connectivity index (χ4v) is 3.12. The van der Waals surface area contributed by atoms with Crippen molar-refractivity contribution in [3.05, 3.63) is 0 Å². The maximum Gasteiger partial charge on any atom is 0.221 e. The van der Waals surface area contributed by atoms with E-state index in [2.05, 4.69) is 12.2 Å². The average Bonchev–Trinajstić information content (AvgIpc) is 2.49. The number of nitrogens with one attached hydrogen (secondary N) is 1. The van der Waals surface area contributed by atoms with E-state index < -0.39 is 9.84 Å². The zero-order valence-corrected chi connectivity index (χ0v) is 16.1. The molecular formula is C18H37NO3S. The van der Waals surface area contributed by atoms with Gasteiger partial charge >= 0.3 is 0 Å². The molecular weight excluding hydrogens is 310 g/mol. The standard InChI is InChI=1S/C18H37NO3S/c1-3-4-5-6-7-8-9-10-11-12-13-14-16-19-18(20)15-17-23(2,21)22/h3-17H2,1-2H3,(H,19,20). The summed E-state index contributed by atoms with van der Waals surface area (Å²) in [5, 5.41) is 2.79. The number of carbonyl (C=O) groups is 1. The first-order chi connectivity index (χ1) is 11.0. The molecule has 0 aliphatic rings. The molecule has 0 fully saturated rings. The van der Waals surface area contributed by atoms with Gasteiger partial charge in [-0.15, -0.1) is 0 Å². The molecule has 0 radical (unpaired) electrons. The summed E-state index contributed by atoms with van der Waals surface area (Å²) in [6.45, 7) is 2.92. The molecule has 138 valence electrons. The van der Waals surface area contributed by atoms with Crippen LogP contribution < -0.4 is 5.32 Å². The van der Waals surface area contributed by atoms with Crippen LogP contribution in [0, 0.1) is 0 Å². The lowest BCUT2D eigenvalue weighted by Crippen LogP contribution is -2.26. The summed E-state index contributed by atoms with van der Waals surface area (Å²) < 4.78 is 21.9. The lowest BCUT2D eigenvalue weighted by Gasteiger charge is -2.05. The van der Waals surface area contributed by atoms with Gasteiger partial charge in [-0.25, -0.2) is 8.42 Å². The van der Waals surface area contributed by atoms with Crippen molar-refractivity contribution in [1.29, 1.82) is 0 Å². The minimum atomic E-state index is -3.04. The quantitative estimate of drug-likeness (QED) is 0.425. The second-order valence-electron chi connectivity index (χ2n) is 6.62. The minimum absolute atomic E-state index is 0.0583. The maximum atomic E-state index is 11.4. The number of amides is 1. The van der Waals surface area contributed by atoms with Crippen LogP contribution in [-0.4, -0.2) is 32.9 Å². The van der Waals surface area contributed by atoms with Crippen molar-refractivity contribution in [2.24, 2.45) is 0 Å². The van der Waals surface area contributed by atoms with Gasteiger partial charge in [-0.3, -0.25) is 4.79 Å². The molecule has 0 heterocycles. The van der Waals surface area contributed by atoms with E-state index in [9.17, 15) is 13.2 Å². The SMILES string of the molecule is CCCCCCCCCCCCCCNC(=O)CCS(C)(=O)=O. The molecule has 0 aliphatic heterocycles. The van der Waals surface area contributed by atoms with Gasteiger partial charge in [-0.2, -0.15) is 0 Å². The Morgan fingerprint density at radius 2 is 1.22 bits per heavy atom. The van der Waals surface area contributed by atoms with E-state index in [-0.39, 0.29) is 18.1 Å². The summed E-state index contributed by atoms with van der Waals surface area (Å²) in [6, 6.07) is 0. The fraction of sp³-hybridized carbons (Fsp3) is 0.944. The van der Waals surface area contributed by atoms with E-state index in [1.807, 2.05) is 0 Å². The molecule has 0 aromatic carbocycles. The first-order valence-electron chi connectivity index (χ1n) is 9.40. The molecule has 1 amide bonds. The van der Waals surface area contributed by atoms with Crippen LogP contribution in [0.15, 0.2) is 0 Å². The molecule has 4 nitrogen and oxygen atoms in total. The largest absolute Gasteiger partial charge is 0.356 e. The van der Waals surface area contributed by atoms with Gasteiger partial charge in [0.25, 0.3) is 0 Å². The molecule has 1 N–H and O–H groups in total. The number of hydrogen-bond donors (Lipinski definition) is 1.